The molecule has 3 aromatic rings. The van der Waals surface area contributed by atoms with Crippen LogP contribution in [0.5, 0.6) is 5.75 Å². The predicted molar refractivity (Wildman–Crippen MR) is 123 cm³/mol. The number of amides is 2. The van der Waals surface area contributed by atoms with Crippen LogP contribution >= 0.6 is 0 Å². The van der Waals surface area contributed by atoms with E-state index in [-0.39, 0.29) is 30.5 Å². The van der Waals surface area contributed by atoms with Crippen molar-refractivity contribution < 1.29 is 23.9 Å². The lowest BCUT2D eigenvalue weighted by atomic mass is 9.93. The first kappa shape index (κ1) is 22.1. The molecule has 0 fully saturated rings. The van der Waals surface area contributed by atoms with E-state index < -0.39 is 0 Å². The Morgan fingerprint density at radius 1 is 1.03 bits per heavy atom. The van der Waals surface area contributed by atoms with Crippen LogP contribution in [0.3, 0.4) is 0 Å². The summed E-state index contributed by atoms with van der Waals surface area (Å²) in [6.45, 7) is -0.0553. The Hall–Kier alpha value is -4.13. The molecule has 7 heteroatoms. The minimum absolute atomic E-state index is 0.0553. The maximum absolute atomic E-state index is 12.8. The Morgan fingerprint density at radius 3 is 2.45 bits per heavy atom. The molecule has 1 aliphatic heterocycles. The lowest BCUT2D eigenvalue weighted by Crippen LogP contribution is -2.27. The molecule has 1 N–H and O–H groups in total. The van der Waals surface area contributed by atoms with E-state index in [0.29, 0.717) is 29.0 Å². The maximum Gasteiger partial charge on any atom is 0.339 e. The van der Waals surface area contributed by atoms with Gasteiger partial charge in [0.1, 0.15) is 11.9 Å². The molecule has 2 amide bonds. The summed E-state index contributed by atoms with van der Waals surface area (Å²) < 4.78 is 11.0. The van der Waals surface area contributed by atoms with Crippen LogP contribution in [0, 0.1) is 0 Å². The quantitative estimate of drug-likeness (QED) is 0.584. The summed E-state index contributed by atoms with van der Waals surface area (Å²) in [5, 5.41) is 2.84. The van der Waals surface area contributed by atoms with Crippen molar-refractivity contribution in [2.75, 3.05) is 26.0 Å². The molecule has 7 nitrogen and oxygen atoms in total. The zero-order chi connectivity index (χ0) is 23.4. The molecule has 168 valence electrons. The van der Waals surface area contributed by atoms with Gasteiger partial charge in [-0.3, -0.25) is 9.59 Å². The van der Waals surface area contributed by atoms with Crippen molar-refractivity contribution in [1.82, 2.24) is 4.90 Å². The average Bonchev–Trinajstić information content (AvgIpc) is 2.83. The largest absolute Gasteiger partial charge is 0.484 e. The van der Waals surface area contributed by atoms with Crippen molar-refractivity contribution in [3.05, 3.63) is 95.1 Å². The van der Waals surface area contributed by atoms with Crippen LogP contribution in [0.4, 0.5) is 5.69 Å². The number of hydrogen-bond acceptors (Lipinski definition) is 5. The van der Waals surface area contributed by atoms with Crippen molar-refractivity contribution in [2.45, 2.75) is 12.5 Å². The molecule has 0 aromatic heterocycles. The number of carbonyl (C=O) groups is 3. The number of carbonyl (C=O) groups excluding carboxylic acids is 3. The van der Waals surface area contributed by atoms with E-state index in [9.17, 15) is 14.4 Å². The second-order valence-corrected chi connectivity index (χ2v) is 7.94. The van der Waals surface area contributed by atoms with Crippen molar-refractivity contribution in [1.29, 1.82) is 0 Å². The molecule has 0 unspecified atom stereocenters. The van der Waals surface area contributed by atoms with Crippen molar-refractivity contribution in [2.24, 2.45) is 0 Å². The topological polar surface area (TPSA) is 84.9 Å². The second kappa shape index (κ2) is 9.56. The third kappa shape index (κ3) is 5.20. The molecule has 1 heterocycles. The maximum atomic E-state index is 12.8. The van der Waals surface area contributed by atoms with Gasteiger partial charge < -0.3 is 19.7 Å². The highest BCUT2D eigenvalue weighted by Crippen LogP contribution is 2.31. The number of benzene rings is 3. The van der Waals surface area contributed by atoms with Gasteiger partial charge >= 0.3 is 5.97 Å². The van der Waals surface area contributed by atoms with Gasteiger partial charge in [-0.15, -0.1) is 0 Å². The highest BCUT2D eigenvalue weighted by atomic mass is 16.5. The smallest absolute Gasteiger partial charge is 0.339 e. The SMILES string of the molecule is CN(C)C(=O)COc1ccc(NC(=O)c2ccc3c(c2)C[C@@H](c2ccccc2)OC3=O)cc1. The fraction of sp³-hybridized carbons (Fsp3) is 0.192. The van der Waals surface area contributed by atoms with Crippen LogP contribution in [0.25, 0.3) is 0 Å². The summed E-state index contributed by atoms with van der Waals surface area (Å²) in [6.07, 6.45) is 0.126. The highest BCUT2D eigenvalue weighted by Gasteiger charge is 2.28. The molecule has 0 spiro atoms. The number of fused-ring (bicyclic) bond motifs is 1. The number of nitrogens with one attached hydrogen (secondary N) is 1. The number of rotatable bonds is 6. The van der Waals surface area contributed by atoms with E-state index in [2.05, 4.69) is 5.32 Å². The van der Waals surface area contributed by atoms with Crippen molar-refractivity contribution >= 4 is 23.5 Å². The normalized spacial score (nSPS) is 14.6. The van der Waals surface area contributed by atoms with Crippen molar-refractivity contribution in [3.8, 4) is 5.75 Å². The average molecular weight is 444 g/mol. The van der Waals surface area contributed by atoms with E-state index in [4.69, 9.17) is 9.47 Å². The number of cyclic esters (lactones) is 1. The van der Waals surface area contributed by atoms with Crippen LogP contribution in [-0.2, 0) is 16.0 Å². The zero-order valence-electron chi connectivity index (χ0n) is 18.4. The van der Waals surface area contributed by atoms with E-state index in [1.54, 1.807) is 56.6 Å². The third-order valence-electron chi connectivity index (χ3n) is 5.39. The number of hydrogen-bond donors (Lipinski definition) is 1. The summed E-state index contributed by atoms with van der Waals surface area (Å²) in [4.78, 5) is 38.3. The number of nitrogens with zero attached hydrogens (tertiary/aromatic N) is 1. The molecule has 33 heavy (non-hydrogen) atoms. The Kier molecular flexibility index (Phi) is 6.40. The fourth-order valence-corrected chi connectivity index (χ4v) is 3.50. The first-order valence-electron chi connectivity index (χ1n) is 10.5. The molecule has 0 bridgehead atoms. The van der Waals surface area contributed by atoms with Gasteiger partial charge in [0.15, 0.2) is 6.61 Å². The number of anilines is 1. The number of likely N-dealkylation sites (N-methyl/N-ethyl adjacent to an activating group) is 1. The van der Waals surface area contributed by atoms with Crippen LogP contribution in [-0.4, -0.2) is 43.4 Å². The van der Waals surface area contributed by atoms with Gasteiger partial charge in [-0.1, -0.05) is 30.3 Å². The van der Waals surface area contributed by atoms with Crippen LogP contribution in [0.1, 0.15) is 37.9 Å². The predicted octanol–water partition coefficient (Wildman–Crippen LogP) is 3.86. The van der Waals surface area contributed by atoms with E-state index >= 15 is 0 Å². The van der Waals surface area contributed by atoms with E-state index in [0.717, 1.165) is 11.1 Å². The molecule has 0 radical (unpaired) electrons. The van der Waals surface area contributed by atoms with Gasteiger partial charge in [0.25, 0.3) is 11.8 Å². The molecule has 1 aliphatic rings. The third-order valence-corrected chi connectivity index (χ3v) is 5.39. The molecule has 0 saturated heterocycles. The number of ether oxygens (including phenoxy) is 2. The van der Waals surface area contributed by atoms with Gasteiger partial charge in [-0.2, -0.15) is 0 Å². The molecule has 3 aromatic carbocycles. The summed E-state index contributed by atoms with van der Waals surface area (Å²) in [5.74, 6) is -0.287. The molecular weight excluding hydrogens is 420 g/mol. The second-order valence-electron chi connectivity index (χ2n) is 7.94. The Balaban J connectivity index is 1.43. The number of esters is 1. The Bertz CT molecular complexity index is 1170. The molecule has 0 saturated carbocycles. The fourth-order valence-electron chi connectivity index (χ4n) is 3.50. The van der Waals surface area contributed by atoms with E-state index in [1.807, 2.05) is 30.3 Å². The lowest BCUT2D eigenvalue weighted by Gasteiger charge is -2.25. The first-order valence-corrected chi connectivity index (χ1v) is 10.5. The van der Waals surface area contributed by atoms with Gasteiger partial charge in [0.05, 0.1) is 5.56 Å². The lowest BCUT2D eigenvalue weighted by molar-refractivity contribution is -0.130. The zero-order valence-corrected chi connectivity index (χ0v) is 18.4. The summed E-state index contributed by atoms with van der Waals surface area (Å²) in [6, 6.07) is 21.3. The minimum Gasteiger partial charge on any atom is -0.484 e. The Labute approximate surface area is 191 Å². The molecule has 0 aliphatic carbocycles. The summed E-state index contributed by atoms with van der Waals surface area (Å²) in [7, 11) is 3.32. The monoisotopic (exact) mass is 444 g/mol. The Morgan fingerprint density at radius 2 is 1.76 bits per heavy atom. The van der Waals surface area contributed by atoms with Crippen LogP contribution in [0.15, 0.2) is 72.8 Å². The van der Waals surface area contributed by atoms with Gasteiger partial charge in [-0.25, -0.2) is 4.79 Å². The minimum atomic E-state index is -0.389. The van der Waals surface area contributed by atoms with Crippen LogP contribution < -0.4 is 10.1 Å². The summed E-state index contributed by atoms with van der Waals surface area (Å²) in [5.41, 5.74) is 3.22. The van der Waals surface area contributed by atoms with Gasteiger partial charge in [-0.05, 0) is 53.6 Å². The van der Waals surface area contributed by atoms with Crippen LogP contribution in [0.2, 0.25) is 0 Å². The summed E-state index contributed by atoms with van der Waals surface area (Å²) >= 11 is 0. The van der Waals surface area contributed by atoms with Crippen molar-refractivity contribution in [3.63, 3.8) is 0 Å². The van der Waals surface area contributed by atoms with E-state index in [1.165, 1.54) is 4.90 Å². The first-order chi connectivity index (χ1) is 15.9. The van der Waals surface area contributed by atoms with Gasteiger partial charge in [0.2, 0.25) is 0 Å². The van der Waals surface area contributed by atoms with Gasteiger partial charge in [0, 0.05) is 31.8 Å². The molecule has 1 atom stereocenters. The standard InChI is InChI=1S/C26H24N2O5/c1-28(2)24(29)16-32-21-11-9-20(10-12-21)27-25(30)18-8-13-22-19(14-18)15-23(33-26(22)31)17-6-4-3-5-7-17/h3-14,23H,15-16H2,1-2H3,(H,27,30)/t23-/m0/s1. The highest BCUT2D eigenvalue weighted by molar-refractivity contribution is 6.05. The molecular formula is C26H24N2O5. The molecule has 4 rings (SSSR count).